The molecule has 3 heterocycles. The van der Waals surface area contributed by atoms with Crippen LogP contribution in [0.5, 0.6) is 0 Å². The molecule has 0 radical (unpaired) electrons. The number of thiophene rings is 1. The lowest BCUT2D eigenvalue weighted by Crippen LogP contribution is -2.24. The van der Waals surface area contributed by atoms with E-state index in [0.717, 1.165) is 29.5 Å². The topological polar surface area (TPSA) is 76.9 Å². The zero-order valence-corrected chi connectivity index (χ0v) is 17.7. The van der Waals surface area contributed by atoms with Crippen molar-refractivity contribution in [3.05, 3.63) is 44.1 Å². The molecule has 3 aromatic heterocycles. The monoisotopic (exact) mass is 434 g/mol. The number of aromatic nitrogens is 3. The van der Waals surface area contributed by atoms with Crippen molar-refractivity contribution in [1.29, 1.82) is 0 Å². The number of amides is 1. The lowest BCUT2D eigenvalue weighted by Gasteiger charge is -2.12. The van der Waals surface area contributed by atoms with Gasteiger partial charge >= 0.3 is 0 Å². The number of carbonyl (C=O) groups is 1. The molecule has 0 fully saturated rings. The molecule has 6 nitrogen and oxygen atoms in total. The molecule has 3 aromatic rings. The molecule has 1 aliphatic rings. The number of rotatable bonds is 5. The van der Waals surface area contributed by atoms with Crippen molar-refractivity contribution < 1.29 is 4.79 Å². The molecular weight excluding hydrogens is 416 g/mol. The summed E-state index contributed by atoms with van der Waals surface area (Å²) in [5, 5.41) is 4.60. The van der Waals surface area contributed by atoms with Crippen molar-refractivity contribution >= 4 is 56.6 Å². The Morgan fingerprint density at radius 2 is 2.18 bits per heavy atom. The molecule has 0 aliphatic heterocycles. The van der Waals surface area contributed by atoms with Crippen molar-refractivity contribution in [3.63, 3.8) is 0 Å². The summed E-state index contributed by atoms with van der Waals surface area (Å²) in [4.78, 5) is 36.2. The Bertz CT molecular complexity index is 1090. The molecule has 1 aliphatic carbocycles. The SMILES string of the molecule is CCn1c(SCC(=O)Nc2ccc(Cl)cn2)nc2sc3c(c2c1=O)CCCC3. The standard InChI is InChI=1S/C19H19ClN4O2S2/c1-2-24-18(26)16-12-5-3-4-6-13(12)28-17(16)23-19(24)27-10-15(25)22-14-8-7-11(20)9-21-14/h7-9H,2-6,10H2,1H3,(H,21,22,25). The van der Waals surface area contributed by atoms with E-state index in [4.69, 9.17) is 16.6 Å². The van der Waals surface area contributed by atoms with E-state index in [9.17, 15) is 9.59 Å². The molecule has 4 rings (SSSR count). The molecule has 28 heavy (non-hydrogen) atoms. The highest BCUT2D eigenvalue weighted by Crippen LogP contribution is 2.34. The molecule has 0 spiro atoms. The third kappa shape index (κ3) is 3.81. The number of anilines is 1. The predicted molar refractivity (Wildman–Crippen MR) is 115 cm³/mol. The van der Waals surface area contributed by atoms with E-state index in [-0.39, 0.29) is 17.2 Å². The highest BCUT2D eigenvalue weighted by atomic mass is 35.5. The Hall–Kier alpha value is -1.90. The molecule has 0 atom stereocenters. The van der Waals surface area contributed by atoms with E-state index in [1.165, 1.54) is 34.8 Å². The molecule has 0 aromatic carbocycles. The highest BCUT2D eigenvalue weighted by molar-refractivity contribution is 7.99. The summed E-state index contributed by atoms with van der Waals surface area (Å²) < 4.78 is 1.67. The van der Waals surface area contributed by atoms with Gasteiger partial charge in [-0.3, -0.25) is 14.2 Å². The average Bonchev–Trinajstić information content (AvgIpc) is 3.07. The molecule has 9 heteroatoms. The van der Waals surface area contributed by atoms with Crippen molar-refractivity contribution in [2.24, 2.45) is 0 Å². The largest absolute Gasteiger partial charge is 0.310 e. The lowest BCUT2D eigenvalue weighted by atomic mass is 9.97. The fourth-order valence-electron chi connectivity index (χ4n) is 3.37. The normalized spacial score (nSPS) is 13.5. The smallest absolute Gasteiger partial charge is 0.263 e. The summed E-state index contributed by atoms with van der Waals surface area (Å²) in [6, 6.07) is 3.31. The van der Waals surface area contributed by atoms with Gasteiger partial charge in [0.25, 0.3) is 5.56 Å². The predicted octanol–water partition coefficient (Wildman–Crippen LogP) is 4.14. The second kappa shape index (κ2) is 8.23. The first-order valence-electron chi connectivity index (χ1n) is 9.16. The van der Waals surface area contributed by atoms with Crippen LogP contribution in [0, 0.1) is 0 Å². The molecule has 0 saturated heterocycles. The first kappa shape index (κ1) is 19.4. The second-order valence-electron chi connectivity index (χ2n) is 6.53. The number of pyridine rings is 1. The number of halogens is 1. The van der Waals surface area contributed by atoms with Gasteiger partial charge in [-0.15, -0.1) is 11.3 Å². The summed E-state index contributed by atoms with van der Waals surface area (Å²) in [6.07, 6.45) is 5.76. The molecule has 0 unspecified atom stereocenters. The van der Waals surface area contributed by atoms with Gasteiger partial charge in [0.1, 0.15) is 10.6 Å². The maximum Gasteiger partial charge on any atom is 0.263 e. The summed E-state index contributed by atoms with van der Waals surface area (Å²) in [5.41, 5.74) is 1.20. The number of nitrogens with zero attached hydrogens (tertiary/aromatic N) is 3. The van der Waals surface area contributed by atoms with E-state index in [2.05, 4.69) is 10.3 Å². The molecule has 1 N–H and O–H groups in total. The van der Waals surface area contributed by atoms with Gasteiger partial charge in [-0.05, 0) is 50.3 Å². The Labute approximate surface area is 175 Å². The van der Waals surface area contributed by atoms with Gasteiger partial charge in [0.2, 0.25) is 5.91 Å². The van der Waals surface area contributed by atoms with Crippen LogP contribution >= 0.6 is 34.7 Å². The van der Waals surface area contributed by atoms with Crippen LogP contribution in [-0.4, -0.2) is 26.2 Å². The van der Waals surface area contributed by atoms with Crippen LogP contribution in [0.4, 0.5) is 5.82 Å². The van der Waals surface area contributed by atoms with Crippen LogP contribution in [-0.2, 0) is 24.2 Å². The van der Waals surface area contributed by atoms with Gasteiger partial charge < -0.3 is 5.32 Å². The van der Waals surface area contributed by atoms with E-state index in [0.29, 0.717) is 22.5 Å². The van der Waals surface area contributed by atoms with Crippen LogP contribution < -0.4 is 10.9 Å². The van der Waals surface area contributed by atoms with E-state index >= 15 is 0 Å². The number of aryl methyl sites for hydroxylation is 2. The van der Waals surface area contributed by atoms with Crippen molar-refractivity contribution in [1.82, 2.24) is 14.5 Å². The Morgan fingerprint density at radius 1 is 1.36 bits per heavy atom. The van der Waals surface area contributed by atoms with E-state index in [1.807, 2.05) is 6.92 Å². The van der Waals surface area contributed by atoms with Gasteiger partial charge in [0, 0.05) is 17.6 Å². The first-order valence-corrected chi connectivity index (χ1v) is 11.3. The maximum absolute atomic E-state index is 13.1. The lowest BCUT2D eigenvalue weighted by molar-refractivity contribution is -0.113. The van der Waals surface area contributed by atoms with Crippen molar-refractivity contribution in [2.75, 3.05) is 11.1 Å². The van der Waals surface area contributed by atoms with Gasteiger partial charge in [0.05, 0.1) is 16.2 Å². The molecular formula is C19H19ClN4O2S2. The van der Waals surface area contributed by atoms with Crippen LogP contribution in [0.25, 0.3) is 10.2 Å². The Kier molecular flexibility index (Phi) is 5.70. The van der Waals surface area contributed by atoms with Crippen LogP contribution in [0.15, 0.2) is 28.3 Å². The number of hydrogen-bond acceptors (Lipinski definition) is 6. The quantitative estimate of drug-likeness (QED) is 0.482. The van der Waals surface area contributed by atoms with E-state index < -0.39 is 0 Å². The second-order valence-corrected chi connectivity index (χ2v) is 9.00. The van der Waals surface area contributed by atoms with Crippen molar-refractivity contribution in [2.45, 2.75) is 44.3 Å². The van der Waals surface area contributed by atoms with Gasteiger partial charge in [-0.1, -0.05) is 23.4 Å². The molecule has 0 bridgehead atoms. The minimum Gasteiger partial charge on any atom is -0.310 e. The van der Waals surface area contributed by atoms with Crippen LogP contribution in [0.1, 0.15) is 30.2 Å². The fraction of sp³-hybridized carbons (Fsp3) is 0.368. The van der Waals surface area contributed by atoms with E-state index in [1.54, 1.807) is 28.0 Å². The fourth-order valence-corrected chi connectivity index (χ4v) is 5.65. The summed E-state index contributed by atoms with van der Waals surface area (Å²) in [7, 11) is 0. The highest BCUT2D eigenvalue weighted by Gasteiger charge is 2.22. The third-order valence-electron chi connectivity index (χ3n) is 4.68. The minimum absolute atomic E-state index is 0.00850. The summed E-state index contributed by atoms with van der Waals surface area (Å²) in [6.45, 7) is 2.45. The average molecular weight is 435 g/mol. The van der Waals surface area contributed by atoms with Crippen molar-refractivity contribution in [3.8, 4) is 0 Å². The number of thioether (sulfide) groups is 1. The Morgan fingerprint density at radius 3 is 2.93 bits per heavy atom. The minimum atomic E-state index is -0.206. The maximum atomic E-state index is 13.1. The summed E-state index contributed by atoms with van der Waals surface area (Å²) in [5.74, 6) is 0.382. The number of hydrogen-bond donors (Lipinski definition) is 1. The molecule has 0 saturated carbocycles. The first-order chi connectivity index (χ1) is 13.6. The molecule has 146 valence electrons. The van der Waals surface area contributed by atoms with Crippen LogP contribution in [0.2, 0.25) is 5.02 Å². The van der Waals surface area contributed by atoms with Crippen LogP contribution in [0.3, 0.4) is 0 Å². The number of nitrogens with one attached hydrogen (secondary N) is 1. The van der Waals surface area contributed by atoms with Gasteiger partial charge in [-0.25, -0.2) is 9.97 Å². The van der Waals surface area contributed by atoms with Gasteiger partial charge in [-0.2, -0.15) is 0 Å². The third-order valence-corrected chi connectivity index (χ3v) is 7.07. The zero-order valence-electron chi connectivity index (χ0n) is 15.3. The summed E-state index contributed by atoms with van der Waals surface area (Å²) >= 11 is 8.70. The number of fused-ring (bicyclic) bond motifs is 3. The van der Waals surface area contributed by atoms with Gasteiger partial charge in [0.15, 0.2) is 5.16 Å². The number of carbonyl (C=O) groups excluding carboxylic acids is 1. The zero-order chi connectivity index (χ0) is 19.7. The molecule has 1 amide bonds. The Balaban J connectivity index is 1.57.